The minimum absolute atomic E-state index is 0.0533. The van der Waals surface area contributed by atoms with Crippen molar-refractivity contribution < 1.29 is 9.90 Å². The molecule has 2 aromatic heterocycles. The van der Waals surface area contributed by atoms with Gasteiger partial charge in [-0.15, -0.1) is 5.10 Å². The molecule has 0 aliphatic heterocycles. The molecule has 1 amide bonds. The van der Waals surface area contributed by atoms with Crippen LogP contribution in [0.2, 0.25) is 0 Å². The lowest BCUT2D eigenvalue weighted by atomic mass is 10.3. The highest BCUT2D eigenvalue weighted by molar-refractivity contribution is 6.03. The molecule has 2 rings (SSSR count). The predicted molar refractivity (Wildman–Crippen MR) is 53.7 cm³/mol. The number of nitrogens with zero attached hydrogens (tertiary/aromatic N) is 4. The van der Waals surface area contributed by atoms with Crippen LogP contribution in [0.25, 0.3) is 0 Å². The average molecular weight is 217 g/mol. The molecule has 0 fully saturated rings. The molecule has 16 heavy (non-hydrogen) atoms. The van der Waals surface area contributed by atoms with Crippen LogP contribution < -0.4 is 5.32 Å². The summed E-state index contributed by atoms with van der Waals surface area (Å²) in [5.74, 6) is -0.743. The maximum absolute atomic E-state index is 11.6. The van der Waals surface area contributed by atoms with Crippen LogP contribution in [0.5, 0.6) is 5.75 Å². The number of amides is 1. The first-order chi connectivity index (χ1) is 7.77. The number of anilines is 1. The normalized spacial score (nSPS) is 9.75. The Morgan fingerprint density at radius 2 is 2.12 bits per heavy atom. The van der Waals surface area contributed by atoms with Gasteiger partial charge < -0.3 is 5.11 Å². The summed E-state index contributed by atoms with van der Waals surface area (Å²) in [5, 5.41) is 18.8. The summed E-state index contributed by atoms with van der Waals surface area (Å²) in [4.78, 5) is 19.1. The summed E-state index contributed by atoms with van der Waals surface area (Å²) in [6.07, 6.45) is 4.17. The Balaban J connectivity index is 2.19. The maximum Gasteiger partial charge on any atom is 0.280 e. The molecule has 2 heterocycles. The highest BCUT2D eigenvalue weighted by Gasteiger charge is 2.13. The van der Waals surface area contributed by atoms with E-state index in [0.717, 1.165) is 0 Å². The van der Waals surface area contributed by atoms with Crippen molar-refractivity contribution in [2.45, 2.75) is 0 Å². The van der Waals surface area contributed by atoms with Crippen LogP contribution in [0.3, 0.4) is 0 Å². The molecule has 0 atom stereocenters. The number of rotatable bonds is 2. The van der Waals surface area contributed by atoms with E-state index in [1.807, 2.05) is 0 Å². The van der Waals surface area contributed by atoms with Gasteiger partial charge in [-0.25, -0.2) is 9.97 Å². The van der Waals surface area contributed by atoms with E-state index in [-0.39, 0.29) is 17.4 Å². The zero-order valence-electron chi connectivity index (χ0n) is 8.03. The van der Waals surface area contributed by atoms with Crippen molar-refractivity contribution in [3.8, 4) is 5.75 Å². The fraction of sp³-hybridized carbons (Fsp3) is 0. The fourth-order valence-electron chi connectivity index (χ4n) is 1.04. The van der Waals surface area contributed by atoms with E-state index in [1.165, 1.54) is 30.7 Å². The van der Waals surface area contributed by atoms with Crippen molar-refractivity contribution in [2.75, 3.05) is 5.32 Å². The molecule has 0 spiro atoms. The third kappa shape index (κ3) is 2.08. The number of carbonyl (C=O) groups excluding carboxylic acids is 1. The monoisotopic (exact) mass is 217 g/mol. The fourth-order valence-corrected chi connectivity index (χ4v) is 1.04. The SMILES string of the molecule is O=C(Nc1nccnn1)c1ncccc1O. The van der Waals surface area contributed by atoms with Gasteiger partial charge >= 0.3 is 0 Å². The molecule has 0 radical (unpaired) electrons. The second-order valence-corrected chi connectivity index (χ2v) is 2.79. The molecule has 7 nitrogen and oxygen atoms in total. The van der Waals surface area contributed by atoms with Gasteiger partial charge in [-0.1, -0.05) is 0 Å². The van der Waals surface area contributed by atoms with Crippen molar-refractivity contribution in [1.82, 2.24) is 20.2 Å². The van der Waals surface area contributed by atoms with Crippen LogP contribution in [0.4, 0.5) is 5.95 Å². The second kappa shape index (κ2) is 4.30. The molecule has 0 aliphatic rings. The van der Waals surface area contributed by atoms with Crippen LogP contribution in [0, 0.1) is 0 Å². The molecule has 0 saturated carbocycles. The van der Waals surface area contributed by atoms with E-state index in [9.17, 15) is 9.90 Å². The highest BCUT2D eigenvalue weighted by atomic mass is 16.3. The standard InChI is InChI=1S/C9H7N5O2/c15-6-2-1-3-10-7(6)8(16)13-9-11-4-5-12-14-9/h1-5,15H,(H,11,13,14,16). The molecule has 0 bridgehead atoms. The van der Waals surface area contributed by atoms with Crippen LogP contribution >= 0.6 is 0 Å². The maximum atomic E-state index is 11.6. The predicted octanol–water partition coefficient (Wildman–Crippen LogP) is 0.224. The first kappa shape index (κ1) is 9.97. The quantitative estimate of drug-likeness (QED) is 0.746. The molecule has 0 aromatic carbocycles. The zero-order chi connectivity index (χ0) is 11.4. The van der Waals surface area contributed by atoms with Crippen LogP contribution in [-0.4, -0.2) is 31.2 Å². The molecule has 80 valence electrons. The Kier molecular flexibility index (Phi) is 2.68. The van der Waals surface area contributed by atoms with E-state index in [1.54, 1.807) is 0 Å². The van der Waals surface area contributed by atoms with Crippen molar-refractivity contribution in [2.24, 2.45) is 0 Å². The number of carbonyl (C=O) groups is 1. The van der Waals surface area contributed by atoms with Crippen LogP contribution in [-0.2, 0) is 0 Å². The average Bonchev–Trinajstić information content (AvgIpc) is 2.31. The van der Waals surface area contributed by atoms with Gasteiger partial charge in [0.2, 0.25) is 5.95 Å². The topological polar surface area (TPSA) is 101 Å². The minimum atomic E-state index is -0.592. The summed E-state index contributed by atoms with van der Waals surface area (Å²) in [7, 11) is 0. The minimum Gasteiger partial charge on any atom is -0.505 e. The number of hydrogen-bond acceptors (Lipinski definition) is 6. The van der Waals surface area contributed by atoms with Gasteiger partial charge in [0.15, 0.2) is 5.69 Å². The third-order valence-electron chi connectivity index (χ3n) is 1.71. The number of hydrogen-bond donors (Lipinski definition) is 2. The van der Waals surface area contributed by atoms with Crippen molar-refractivity contribution >= 4 is 11.9 Å². The summed E-state index contributed by atoms with van der Waals surface area (Å²) in [6.45, 7) is 0. The summed E-state index contributed by atoms with van der Waals surface area (Å²) in [5.41, 5.74) is -0.0880. The third-order valence-corrected chi connectivity index (χ3v) is 1.71. The molecular weight excluding hydrogens is 210 g/mol. The molecule has 7 heteroatoms. The van der Waals surface area contributed by atoms with Gasteiger partial charge in [-0.05, 0) is 12.1 Å². The van der Waals surface area contributed by atoms with Crippen LogP contribution in [0.15, 0.2) is 30.7 Å². The Hall–Kier alpha value is -2.57. The smallest absolute Gasteiger partial charge is 0.280 e. The van der Waals surface area contributed by atoms with E-state index in [0.29, 0.717) is 0 Å². The Morgan fingerprint density at radius 1 is 1.25 bits per heavy atom. The highest BCUT2D eigenvalue weighted by Crippen LogP contribution is 2.13. The lowest BCUT2D eigenvalue weighted by Gasteiger charge is -2.02. The van der Waals surface area contributed by atoms with E-state index >= 15 is 0 Å². The summed E-state index contributed by atoms with van der Waals surface area (Å²) < 4.78 is 0. The van der Waals surface area contributed by atoms with Gasteiger partial charge in [-0.2, -0.15) is 5.10 Å². The summed E-state index contributed by atoms with van der Waals surface area (Å²) in [6, 6.07) is 2.89. The van der Waals surface area contributed by atoms with Crippen molar-refractivity contribution in [3.05, 3.63) is 36.4 Å². The van der Waals surface area contributed by atoms with Crippen LogP contribution in [0.1, 0.15) is 10.5 Å². The molecule has 0 saturated heterocycles. The Labute approximate surface area is 90.2 Å². The number of pyridine rings is 1. The second-order valence-electron chi connectivity index (χ2n) is 2.79. The molecule has 2 N–H and O–H groups in total. The lowest BCUT2D eigenvalue weighted by Crippen LogP contribution is -2.15. The van der Waals surface area contributed by atoms with E-state index < -0.39 is 5.91 Å². The van der Waals surface area contributed by atoms with Gasteiger partial charge in [0.1, 0.15) is 5.75 Å². The number of aromatic nitrogens is 4. The largest absolute Gasteiger partial charge is 0.505 e. The van der Waals surface area contributed by atoms with Crippen molar-refractivity contribution in [3.63, 3.8) is 0 Å². The number of nitrogens with one attached hydrogen (secondary N) is 1. The molecule has 0 unspecified atom stereocenters. The Morgan fingerprint density at radius 3 is 2.81 bits per heavy atom. The molecular formula is C9H7N5O2. The van der Waals surface area contributed by atoms with E-state index in [4.69, 9.17) is 0 Å². The first-order valence-electron chi connectivity index (χ1n) is 4.36. The molecule has 2 aromatic rings. The lowest BCUT2D eigenvalue weighted by molar-refractivity contribution is 0.101. The zero-order valence-corrected chi connectivity index (χ0v) is 8.03. The van der Waals surface area contributed by atoms with Gasteiger partial charge in [0.05, 0.1) is 12.4 Å². The van der Waals surface area contributed by atoms with Gasteiger partial charge in [0.25, 0.3) is 5.91 Å². The van der Waals surface area contributed by atoms with E-state index in [2.05, 4.69) is 25.5 Å². The summed E-state index contributed by atoms with van der Waals surface area (Å²) >= 11 is 0. The number of aromatic hydroxyl groups is 1. The van der Waals surface area contributed by atoms with Gasteiger partial charge in [0, 0.05) is 6.20 Å². The van der Waals surface area contributed by atoms with Crippen molar-refractivity contribution in [1.29, 1.82) is 0 Å². The van der Waals surface area contributed by atoms with Gasteiger partial charge in [-0.3, -0.25) is 10.1 Å². The first-order valence-corrected chi connectivity index (χ1v) is 4.36. The Bertz CT molecular complexity index is 502. The molecule has 0 aliphatic carbocycles.